The summed E-state index contributed by atoms with van der Waals surface area (Å²) in [6, 6.07) is 0. The first-order valence-electron chi connectivity index (χ1n) is 3.19. The van der Waals surface area contributed by atoms with Crippen molar-refractivity contribution in [3.05, 3.63) is 11.9 Å². The van der Waals surface area contributed by atoms with E-state index < -0.39 is 0 Å². The largest absolute Gasteiger partial charge is 0.343 e. The summed E-state index contributed by atoms with van der Waals surface area (Å²) in [5, 5.41) is 7.30. The van der Waals surface area contributed by atoms with Crippen molar-refractivity contribution in [3.63, 3.8) is 0 Å². The van der Waals surface area contributed by atoms with E-state index in [2.05, 4.69) is 10.3 Å². The van der Waals surface area contributed by atoms with E-state index in [1.54, 1.807) is 27.3 Å². The average Bonchev–Trinajstić information content (AvgIpc) is 2.34. The fourth-order valence-corrected chi connectivity index (χ4v) is 0.674. The van der Waals surface area contributed by atoms with Gasteiger partial charge in [0.15, 0.2) is 5.69 Å². The lowest BCUT2D eigenvalue weighted by atomic mass is 10.4. The molecule has 1 aromatic rings. The van der Waals surface area contributed by atoms with Crippen molar-refractivity contribution < 1.29 is 4.79 Å². The molecule has 0 aliphatic rings. The maximum atomic E-state index is 11.2. The Morgan fingerprint density at radius 3 is 2.64 bits per heavy atom. The Morgan fingerprint density at radius 2 is 2.27 bits per heavy atom. The monoisotopic (exact) mass is 154 g/mol. The summed E-state index contributed by atoms with van der Waals surface area (Å²) < 4.78 is 1.50. The summed E-state index contributed by atoms with van der Waals surface area (Å²) in [4.78, 5) is 12.6. The van der Waals surface area contributed by atoms with E-state index in [-0.39, 0.29) is 5.91 Å². The van der Waals surface area contributed by atoms with E-state index >= 15 is 0 Å². The Morgan fingerprint density at radius 1 is 1.64 bits per heavy atom. The molecule has 0 radical (unpaired) electrons. The number of carbonyl (C=O) groups excluding carboxylic acids is 1. The number of amides is 1. The van der Waals surface area contributed by atoms with E-state index in [0.717, 1.165) is 0 Å². The third-order valence-electron chi connectivity index (χ3n) is 1.23. The van der Waals surface area contributed by atoms with Crippen LogP contribution in [-0.2, 0) is 7.05 Å². The molecule has 5 heteroatoms. The summed E-state index contributed by atoms with van der Waals surface area (Å²) >= 11 is 0. The third kappa shape index (κ3) is 1.54. The first-order chi connectivity index (χ1) is 5.11. The first-order valence-corrected chi connectivity index (χ1v) is 3.19. The van der Waals surface area contributed by atoms with E-state index in [0.29, 0.717) is 5.69 Å². The average molecular weight is 154 g/mol. The predicted molar refractivity (Wildman–Crippen MR) is 39.0 cm³/mol. The minimum absolute atomic E-state index is 0.127. The molecular formula is C6H10N4O. The van der Waals surface area contributed by atoms with Crippen molar-refractivity contribution in [1.82, 2.24) is 19.9 Å². The van der Waals surface area contributed by atoms with Gasteiger partial charge in [-0.2, -0.15) is 0 Å². The van der Waals surface area contributed by atoms with Crippen LogP contribution in [-0.4, -0.2) is 39.9 Å². The Labute approximate surface area is 64.6 Å². The van der Waals surface area contributed by atoms with E-state index in [1.165, 1.54) is 9.58 Å². The molecule has 0 aliphatic heterocycles. The maximum Gasteiger partial charge on any atom is 0.275 e. The molecule has 0 unspecified atom stereocenters. The maximum absolute atomic E-state index is 11.2. The molecular weight excluding hydrogens is 144 g/mol. The minimum Gasteiger partial charge on any atom is -0.343 e. The molecule has 0 aromatic carbocycles. The standard InChI is InChI=1S/C6H10N4O/c1-9(2)6(11)5-4-10(3)8-7-5/h4H,1-3H3. The third-order valence-corrected chi connectivity index (χ3v) is 1.23. The summed E-state index contributed by atoms with van der Waals surface area (Å²) in [6.45, 7) is 0. The zero-order valence-electron chi connectivity index (χ0n) is 6.77. The molecule has 0 saturated heterocycles. The molecule has 60 valence electrons. The van der Waals surface area contributed by atoms with Gasteiger partial charge in [-0.3, -0.25) is 9.48 Å². The van der Waals surface area contributed by atoms with Gasteiger partial charge in [-0.05, 0) is 0 Å². The summed E-state index contributed by atoms with van der Waals surface area (Å²) in [6.07, 6.45) is 1.59. The van der Waals surface area contributed by atoms with Gasteiger partial charge < -0.3 is 4.90 Å². The molecule has 1 aromatic heterocycles. The molecule has 1 amide bonds. The van der Waals surface area contributed by atoms with Crippen LogP contribution in [0.2, 0.25) is 0 Å². The second-order valence-corrected chi connectivity index (χ2v) is 2.48. The second kappa shape index (κ2) is 2.69. The summed E-state index contributed by atoms with van der Waals surface area (Å²) in [5.41, 5.74) is 0.373. The van der Waals surface area contributed by atoms with Gasteiger partial charge in [0, 0.05) is 21.1 Å². The smallest absolute Gasteiger partial charge is 0.275 e. The lowest BCUT2D eigenvalue weighted by molar-refractivity contribution is 0.0822. The van der Waals surface area contributed by atoms with Crippen LogP contribution in [0.4, 0.5) is 0 Å². The molecule has 5 nitrogen and oxygen atoms in total. The number of carbonyl (C=O) groups is 1. The van der Waals surface area contributed by atoms with Gasteiger partial charge in [-0.1, -0.05) is 5.21 Å². The van der Waals surface area contributed by atoms with Crippen LogP contribution in [0.3, 0.4) is 0 Å². The van der Waals surface area contributed by atoms with Gasteiger partial charge in [-0.15, -0.1) is 5.10 Å². The second-order valence-electron chi connectivity index (χ2n) is 2.48. The normalized spacial score (nSPS) is 9.73. The van der Waals surface area contributed by atoms with Crippen LogP contribution in [0, 0.1) is 0 Å². The molecule has 0 atom stereocenters. The minimum atomic E-state index is -0.127. The molecule has 1 heterocycles. The van der Waals surface area contributed by atoms with Gasteiger partial charge in [0.1, 0.15) is 0 Å². The van der Waals surface area contributed by atoms with Gasteiger partial charge in [0.05, 0.1) is 6.20 Å². The number of aryl methyl sites for hydroxylation is 1. The molecule has 0 bridgehead atoms. The molecule has 11 heavy (non-hydrogen) atoms. The molecule has 0 fully saturated rings. The van der Waals surface area contributed by atoms with Crippen molar-refractivity contribution in [2.24, 2.45) is 7.05 Å². The fraction of sp³-hybridized carbons (Fsp3) is 0.500. The topological polar surface area (TPSA) is 51.0 Å². The molecule has 0 N–H and O–H groups in total. The number of hydrogen-bond acceptors (Lipinski definition) is 3. The fourth-order valence-electron chi connectivity index (χ4n) is 0.674. The zero-order chi connectivity index (χ0) is 8.43. The van der Waals surface area contributed by atoms with Crippen molar-refractivity contribution in [2.45, 2.75) is 0 Å². The lowest BCUT2D eigenvalue weighted by Crippen LogP contribution is -2.21. The van der Waals surface area contributed by atoms with Crippen molar-refractivity contribution in [3.8, 4) is 0 Å². The van der Waals surface area contributed by atoms with E-state index in [4.69, 9.17) is 0 Å². The van der Waals surface area contributed by atoms with Gasteiger partial charge in [-0.25, -0.2) is 0 Å². The van der Waals surface area contributed by atoms with Crippen LogP contribution in [0.5, 0.6) is 0 Å². The highest BCUT2D eigenvalue weighted by atomic mass is 16.2. The number of aromatic nitrogens is 3. The highest BCUT2D eigenvalue weighted by molar-refractivity contribution is 5.91. The van der Waals surface area contributed by atoms with E-state index in [1.807, 2.05) is 0 Å². The van der Waals surface area contributed by atoms with Crippen LogP contribution in [0.1, 0.15) is 10.5 Å². The van der Waals surface area contributed by atoms with Crippen LogP contribution >= 0.6 is 0 Å². The van der Waals surface area contributed by atoms with Crippen molar-refractivity contribution in [1.29, 1.82) is 0 Å². The van der Waals surface area contributed by atoms with Crippen molar-refractivity contribution in [2.75, 3.05) is 14.1 Å². The van der Waals surface area contributed by atoms with Crippen LogP contribution < -0.4 is 0 Å². The Bertz CT molecular complexity index is 265. The molecule has 0 saturated carbocycles. The SMILES string of the molecule is CN(C)C(=O)c1cn(C)nn1. The van der Waals surface area contributed by atoms with Crippen LogP contribution in [0.15, 0.2) is 6.20 Å². The number of rotatable bonds is 1. The highest BCUT2D eigenvalue weighted by Gasteiger charge is 2.10. The molecule has 1 rings (SSSR count). The van der Waals surface area contributed by atoms with Gasteiger partial charge >= 0.3 is 0 Å². The quantitative estimate of drug-likeness (QED) is 0.548. The van der Waals surface area contributed by atoms with Crippen LogP contribution in [0.25, 0.3) is 0 Å². The highest BCUT2D eigenvalue weighted by Crippen LogP contribution is 1.94. The number of hydrogen-bond donors (Lipinski definition) is 0. The lowest BCUT2D eigenvalue weighted by Gasteiger charge is -2.05. The summed E-state index contributed by atoms with van der Waals surface area (Å²) in [7, 11) is 5.08. The van der Waals surface area contributed by atoms with Gasteiger partial charge in [0.25, 0.3) is 5.91 Å². The predicted octanol–water partition coefficient (Wildman–Crippen LogP) is -0.483. The van der Waals surface area contributed by atoms with E-state index in [9.17, 15) is 4.79 Å². The van der Waals surface area contributed by atoms with Crippen molar-refractivity contribution >= 4 is 5.91 Å². The number of nitrogens with zero attached hydrogens (tertiary/aromatic N) is 4. The molecule has 0 spiro atoms. The zero-order valence-corrected chi connectivity index (χ0v) is 6.77. The van der Waals surface area contributed by atoms with Gasteiger partial charge in [0.2, 0.25) is 0 Å². The first kappa shape index (κ1) is 7.71. The Hall–Kier alpha value is -1.39. The Balaban J connectivity index is 2.85. The molecule has 0 aliphatic carbocycles. The Kier molecular flexibility index (Phi) is 1.89. The summed E-state index contributed by atoms with van der Waals surface area (Å²) in [5.74, 6) is -0.127.